The second-order valence-corrected chi connectivity index (χ2v) is 10.1. The van der Waals surface area contributed by atoms with Gasteiger partial charge in [-0.1, -0.05) is 28.4 Å². The highest BCUT2D eigenvalue weighted by molar-refractivity contribution is 7.81. The number of carbonyl (C=O) groups excluding carboxylic acids is 2. The average molecular weight is 537 g/mol. The molecule has 2 aliphatic heterocycles. The van der Waals surface area contributed by atoms with Crippen LogP contribution in [0.5, 0.6) is 11.5 Å². The number of carboxylic acids is 1. The van der Waals surface area contributed by atoms with Crippen molar-refractivity contribution < 1.29 is 43.3 Å². The van der Waals surface area contributed by atoms with Gasteiger partial charge in [0.05, 0.1) is 27.9 Å². The summed E-state index contributed by atoms with van der Waals surface area (Å²) < 4.78 is 22.4. The summed E-state index contributed by atoms with van der Waals surface area (Å²) in [5, 5.41) is 34.6. The lowest BCUT2D eigenvalue weighted by atomic mass is 9.87. The van der Waals surface area contributed by atoms with Crippen LogP contribution >= 0.6 is 23.2 Å². The monoisotopic (exact) mass is 536 g/mol. The summed E-state index contributed by atoms with van der Waals surface area (Å²) in [6.07, 6.45) is -0.913. The Bertz CT molecular complexity index is 1110. The second kappa shape index (κ2) is 9.56. The summed E-state index contributed by atoms with van der Waals surface area (Å²) in [5.41, 5.74) is -0.356. The van der Waals surface area contributed by atoms with Crippen LogP contribution in [0, 0.1) is 0 Å². The first-order chi connectivity index (χ1) is 15.8. The summed E-state index contributed by atoms with van der Waals surface area (Å²) in [5.74, 6) is -4.24. The lowest BCUT2D eigenvalue weighted by Crippen LogP contribution is -2.68. The van der Waals surface area contributed by atoms with Gasteiger partial charge in [-0.2, -0.15) is 0 Å². The molecule has 0 radical (unpaired) electrons. The van der Waals surface area contributed by atoms with E-state index >= 15 is 0 Å². The van der Waals surface area contributed by atoms with E-state index in [9.17, 15) is 38.5 Å². The van der Waals surface area contributed by atoms with Crippen molar-refractivity contribution in [3.05, 3.63) is 21.7 Å². The number of amides is 2. The molecule has 2 aliphatic rings. The van der Waals surface area contributed by atoms with E-state index in [-0.39, 0.29) is 35.7 Å². The third-order valence-corrected chi connectivity index (χ3v) is 7.64. The van der Waals surface area contributed by atoms with Crippen LogP contribution in [0.1, 0.15) is 37.0 Å². The van der Waals surface area contributed by atoms with E-state index in [1.807, 2.05) is 0 Å². The minimum Gasteiger partial charge on any atom is -0.772 e. The third kappa shape index (κ3) is 4.40. The number of aliphatic carboxylic acids is 1. The van der Waals surface area contributed by atoms with Crippen LogP contribution in [0.3, 0.4) is 0 Å². The molecular formula is C19H20Cl2N3O9S-. The van der Waals surface area contributed by atoms with Gasteiger partial charge in [0.2, 0.25) is 5.91 Å². The zero-order chi connectivity index (χ0) is 25.5. The number of carboxylic acid groups (broad SMARTS) is 1. The van der Waals surface area contributed by atoms with E-state index in [0.717, 1.165) is 17.9 Å². The number of phenolic OH excluding ortho intramolecular Hbond substituents is 2. The largest absolute Gasteiger partial charge is 0.772 e. The molecule has 186 valence electrons. The van der Waals surface area contributed by atoms with Gasteiger partial charge in [-0.05, 0) is 31.0 Å². The van der Waals surface area contributed by atoms with Crippen LogP contribution in [-0.4, -0.2) is 82.0 Å². The standard InChI is InChI=1S/C19H21Cl2N3O9S/c1-7-3-12(25)24(7)16(18(29)30)19(2,34(31)32)11-4-8(33-23-11)6-22-17(28)9-5-10(20)14(26)15(27)13(9)21/h5,7-8,16,26-27H,3-4,6H2,1-2H3,(H,22,28)(H,29,30)(H,31,32)/p-1/t7-,8?,16+,19+/m1/s1. The normalized spacial score (nSPS) is 23.3. The van der Waals surface area contributed by atoms with E-state index in [1.54, 1.807) is 6.92 Å². The number of hydrogen-bond donors (Lipinski definition) is 4. The van der Waals surface area contributed by atoms with Crippen LogP contribution in [0.4, 0.5) is 0 Å². The molecule has 0 bridgehead atoms. The van der Waals surface area contributed by atoms with E-state index in [2.05, 4.69) is 10.5 Å². The van der Waals surface area contributed by atoms with Crippen molar-refractivity contribution in [1.29, 1.82) is 0 Å². The summed E-state index contributed by atoms with van der Waals surface area (Å²) in [6.45, 7) is 2.56. The molecule has 1 aromatic carbocycles. The Balaban J connectivity index is 1.74. The Labute approximate surface area is 205 Å². The molecule has 15 heteroatoms. The number of hydrogen-bond acceptors (Lipinski definition) is 9. The molecule has 3 rings (SSSR count). The number of nitrogens with one attached hydrogen (secondary N) is 1. The van der Waals surface area contributed by atoms with Crippen molar-refractivity contribution in [3.63, 3.8) is 0 Å². The van der Waals surface area contributed by atoms with Gasteiger partial charge >= 0.3 is 5.97 Å². The zero-order valence-corrected chi connectivity index (χ0v) is 20.1. The summed E-state index contributed by atoms with van der Waals surface area (Å²) in [4.78, 5) is 42.7. The Morgan fingerprint density at radius 1 is 1.38 bits per heavy atom. The van der Waals surface area contributed by atoms with Crippen LogP contribution in [0.25, 0.3) is 0 Å². The maximum Gasteiger partial charge on any atom is 0.328 e. The SMILES string of the molecule is C[C@@H]1CC(=O)N1[C@@H](C(=O)O)[C@](C)(C1=NOC(CNC(=O)c2cc(Cl)c(O)c(O)c2Cl)C1)S(=O)[O-]. The van der Waals surface area contributed by atoms with Crippen LogP contribution in [0.2, 0.25) is 10.0 Å². The number of carbonyl (C=O) groups is 3. The highest BCUT2D eigenvalue weighted by atomic mass is 35.5. The fourth-order valence-corrected chi connectivity index (χ4v) is 4.99. The smallest absolute Gasteiger partial charge is 0.328 e. The Hall–Kier alpha value is -2.61. The summed E-state index contributed by atoms with van der Waals surface area (Å²) in [6, 6.07) is -1.14. The molecule has 2 unspecified atom stereocenters. The summed E-state index contributed by atoms with van der Waals surface area (Å²) in [7, 11) is 0. The number of phenols is 2. The molecule has 0 spiro atoms. The number of aromatic hydroxyl groups is 2. The highest BCUT2D eigenvalue weighted by Crippen LogP contribution is 2.41. The van der Waals surface area contributed by atoms with Crippen LogP contribution in [-0.2, 0) is 25.5 Å². The number of nitrogens with zero attached hydrogens (tertiary/aromatic N) is 2. The third-order valence-electron chi connectivity index (χ3n) is 5.82. The van der Waals surface area contributed by atoms with Gasteiger partial charge in [0, 0.05) is 18.9 Å². The molecule has 0 saturated carbocycles. The number of halogens is 2. The molecule has 1 fully saturated rings. The lowest BCUT2D eigenvalue weighted by Gasteiger charge is -2.49. The number of oxime groups is 1. The first-order valence-electron chi connectivity index (χ1n) is 9.85. The van der Waals surface area contributed by atoms with Gasteiger partial charge < -0.3 is 34.9 Å². The van der Waals surface area contributed by atoms with Gasteiger partial charge in [0.15, 0.2) is 17.5 Å². The van der Waals surface area contributed by atoms with E-state index in [4.69, 9.17) is 28.0 Å². The van der Waals surface area contributed by atoms with Gasteiger partial charge in [0.1, 0.15) is 10.9 Å². The van der Waals surface area contributed by atoms with Crippen molar-refractivity contribution in [2.45, 2.75) is 49.6 Å². The maximum absolute atomic E-state index is 12.5. The highest BCUT2D eigenvalue weighted by Gasteiger charge is 2.55. The minimum absolute atomic E-state index is 0.0996. The van der Waals surface area contributed by atoms with Crippen molar-refractivity contribution in [2.75, 3.05) is 6.54 Å². The molecule has 2 heterocycles. The first kappa shape index (κ1) is 26.0. The average Bonchev–Trinajstić information content (AvgIpc) is 3.25. The maximum atomic E-state index is 12.5. The molecule has 1 aromatic rings. The van der Waals surface area contributed by atoms with Gasteiger partial charge in [-0.3, -0.25) is 13.8 Å². The van der Waals surface area contributed by atoms with Crippen molar-refractivity contribution in [1.82, 2.24) is 10.2 Å². The molecule has 4 N–H and O–H groups in total. The van der Waals surface area contributed by atoms with Crippen molar-refractivity contribution in [2.24, 2.45) is 5.16 Å². The quantitative estimate of drug-likeness (QED) is 0.213. The van der Waals surface area contributed by atoms with E-state index < -0.39 is 68.3 Å². The lowest BCUT2D eigenvalue weighted by molar-refractivity contribution is -0.161. The Kier molecular flexibility index (Phi) is 7.31. The molecule has 5 atom stereocenters. The zero-order valence-electron chi connectivity index (χ0n) is 17.8. The topological polar surface area (TPSA) is 189 Å². The van der Waals surface area contributed by atoms with Crippen LogP contribution < -0.4 is 5.32 Å². The van der Waals surface area contributed by atoms with E-state index in [1.165, 1.54) is 0 Å². The molecule has 34 heavy (non-hydrogen) atoms. The predicted molar refractivity (Wildman–Crippen MR) is 119 cm³/mol. The number of rotatable bonds is 8. The van der Waals surface area contributed by atoms with E-state index in [0.29, 0.717) is 0 Å². The van der Waals surface area contributed by atoms with Gasteiger partial charge in [-0.15, -0.1) is 0 Å². The second-order valence-electron chi connectivity index (χ2n) is 8.03. The van der Waals surface area contributed by atoms with Crippen LogP contribution in [0.15, 0.2) is 11.2 Å². The number of β-lactam (4-membered cyclic amide) rings is 1. The Morgan fingerprint density at radius 2 is 2.03 bits per heavy atom. The molecule has 1 saturated heterocycles. The number of likely N-dealkylation sites (tertiary alicyclic amines) is 1. The molecule has 12 nitrogen and oxygen atoms in total. The molecule has 0 aliphatic carbocycles. The fraction of sp³-hybridized carbons (Fsp3) is 0.474. The summed E-state index contributed by atoms with van der Waals surface area (Å²) >= 11 is 8.63. The minimum atomic E-state index is -3.00. The first-order valence-corrected chi connectivity index (χ1v) is 11.7. The van der Waals surface area contributed by atoms with Gasteiger partial charge in [-0.25, -0.2) is 4.79 Å². The fourth-order valence-electron chi connectivity index (χ4n) is 3.85. The number of benzene rings is 1. The Morgan fingerprint density at radius 3 is 2.56 bits per heavy atom. The van der Waals surface area contributed by atoms with Crippen molar-refractivity contribution >= 4 is 57.8 Å². The molecule has 2 amide bonds. The molecule has 0 aromatic heterocycles. The van der Waals surface area contributed by atoms with Crippen molar-refractivity contribution in [3.8, 4) is 11.5 Å². The molecular weight excluding hydrogens is 517 g/mol. The van der Waals surface area contributed by atoms with Gasteiger partial charge in [0.25, 0.3) is 5.91 Å². The predicted octanol–water partition coefficient (Wildman–Crippen LogP) is 0.991.